The monoisotopic (exact) mass is 239 g/mol. The summed E-state index contributed by atoms with van der Waals surface area (Å²) < 4.78 is -0.221. The number of aromatic nitrogens is 2. The van der Waals surface area contributed by atoms with E-state index in [1.165, 1.54) is 0 Å². The number of thioether (sulfide) groups is 1. The number of nitrogens with one attached hydrogen (secondary N) is 1. The number of nitrogens with zero attached hydrogens (tertiary/aromatic N) is 2. The van der Waals surface area contributed by atoms with Crippen molar-refractivity contribution in [3.63, 3.8) is 0 Å². The van der Waals surface area contributed by atoms with Gasteiger partial charge in [-0.05, 0) is 25.5 Å². The Morgan fingerprint density at radius 1 is 1.75 bits per heavy atom. The van der Waals surface area contributed by atoms with E-state index in [0.717, 1.165) is 24.4 Å². The maximum absolute atomic E-state index is 12.3. The van der Waals surface area contributed by atoms with Gasteiger partial charge in [0.1, 0.15) is 5.82 Å². The Morgan fingerprint density at radius 3 is 3.12 bits per heavy atom. The van der Waals surface area contributed by atoms with E-state index in [1.54, 1.807) is 29.1 Å². The molecule has 0 spiro atoms. The van der Waals surface area contributed by atoms with Gasteiger partial charge in [-0.3, -0.25) is 4.79 Å². The SMILES string of the molecule is CN(Cc1ncc[nH]1)C(=O)C1(C)CCCS1. The Kier molecular flexibility index (Phi) is 3.23. The van der Waals surface area contributed by atoms with Crippen molar-refractivity contribution in [1.29, 1.82) is 0 Å². The van der Waals surface area contributed by atoms with Crippen LogP contribution < -0.4 is 0 Å². The molecule has 2 rings (SSSR count). The van der Waals surface area contributed by atoms with Gasteiger partial charge in [0.2, 0.25) is 5.91 Å². The van der Waals surface area contributed by atoms with Crippen molar-refractivity contribution in [3.8, 4) is 0 Å². The summed E-state index contributed by atoms with van der Waals surface area (Å²) >= 11 is 1.77. The maximum atomic E-state index is 12.3. The van der Waals surface area contributed by atoms with Gasteiger partial charge in [-0.15, -0.1) is 11.8 Å². The molecule has 1 aromatic rings. The lowest BCUT2D eigenvalue weighted by atomic mass is 10.0. The fourth-order valence-electron chi connectivity index (χ4n) is 2.03. The Morgan fingerprint density at radius 2 is 2.56 bits per heavy atom. The largest absolute Gasteiger partial charge is 0.347 e. The normalized spacial score (nSPS) is 24.6. The molecule has 1 aliphatic rings. The zero-order valence-electron chi connectivity index (χ0n) is 9.69. The van der Waals surface area contributed by atoms with Crippen LogP contribution in [-0.2, 0) is 11.3 Å². The minimum atomic E-state index is -0.221. The van der Waals surface area contributed by atoms with Crippen LogP contribution in [0.3, 0.4) is 0 Å². The van der Waals surface area contributed by atoms with Crippen LogP contribution in [0.5, 0.6) is 0 Å². The van der Waals surface area contributed by atoms with Gasteiger partial charge in [0.05, 0.1) is 11.3 Å². The molecule has 1 atom stereocenters. The van der Waals surface area contributed by atoms with Gasteiger partial charge in [0.15, 0.2) is 0 Å². The lowest BCUT2D eigenvalue weighted by Gasteiger charge is -2.27. The highest BCUT2D eigenvalue weighted by atomic mass is 32.2. The average Bonchev–Trinajstić information content (AvgIpc) is 2.89. The molecular weight excluding hydrogens is 222 g/mol. The Hall–Kier alpha value is -0.970. The zero-order chi connectivity index (χ0) is 11.6. The molecule has 1 aliphatic heterocycles. The second-order valence-electron chi connectivity index (χ2n) is 4.38. The molecule has 88 valence electrons. The van der Waals surface area contributed by atoms with E-state index in [1.807, 2.05) is 14.0 Å². The minimum Gasteiger partial charge on any atom is -0.347 e. The van der Waals surface area contributed by atoms with E-state index in [4.69, 9.17) is 0 Å². The van der Waals surface area contributed by atoms with Gasteiger partial charge in [0, 0.05) is 19.4 Å². The zero-order valence-corrected chi connectivity index (χ0v) is 10.5. The molecule has 1 N–H and O–H groups in total. The quantitative estimate of drug-likeness (QED) is 0.872. The van der Waals surface area contributed by atoms with Crippen LogP contribution in [-0.4, -0.2) is 38.3 Å². The van der Waals surface area contributed by atoms with Crippen LogP contribution in [0, 0.1) is 0 Å². The van der Waals surface area contributed by atoms with E-state index in [-0.39, 0.29) is 10.7 Å². The molecule has 16 heavy (non-hydrogen) atoms. The number of rotatable bonds is 3. The first-order valence-corrected chi connectivity index (χ1v) is 6.48. The van der Waals surface area contributed by atoms with Gasteiger partial charge in [-0.2, -0.15) is 0 Å². The van der Waals surface area contributed by atoms with Gasteiger partial charge in [-0.25, -0.2) is 4.98 Å². The smallest absolute Gasteiger partial charge is 0.238 e. The second kappa shape index (κ2) is 4.49. The van der Waals surface area contributed by atoms with Crippen molar-refractivity contribution in [2.45, 2.75) is 31.1 Å². The topological polar surface area (TPSA) is 49.0 Å². The summed E-state index contributed by atoms with van der Waals surface area (Å²) in [6, 6.07) is 0. The van der Waals surface area contributed by atoms with Gasteiger partial charge >= 0.3 is 0 Å². The molecule has 0 aromatic carbocycles. The lowest BCUT2D eigenvalue weighted by Crippen LogP contribution is -2.41. The van der Waals surface area contributed by atoms with Crippen LogP contribution in [0.4, 0.5) is 0 Å². The second-order valence-corrected chi connectivity index (χ2v) is 5.98. The predicted octanol–water partition coefficient (Wildman–Crippen LogP) is 1.65. The van der Waals surface area contributed by atoms with Crippen molar-refractivity contribution in [2.24, 2.45) is 0 Å². The van der Waals surface area contributed by atoms with E-state index in [0.29, 0.717) is 6.54 Å². The van der Waals surface area contributed by atoms with Gasteiger partial charge in [-0.1, -0.05) is 0 Å². The first-order chi connectivity index (χ1) is 7.62. The minimum absolute atomic E-state index is 0.214. The molecule has 0 saturated carbocycles. The molecule has 1 aromatic heterocycles. The molecule has 0 radical (unpaired) electrons. The molecule has 0 aliphatic carbocycles. The molecule has 5 heteroatoms. The third kappa shape index (κ3) is 2.24. The summed E-state index contributed by atoms with van der Waals surface area (Å²) in [5, 5.41) is 0. The Balaban J connectivity index is 1.99. The van der Waals surface area contributed by atoms with E-state index in [9.17, 15) is 4.79 Å². The molecule has 1 fully saturated rings. The van der Waals surface area contributed by atoms with E-state index < -0.39 is 0 Å². The third-order valence-electron chi connectivity index (χ3n) is 2.96. The van der Waals surface area contributed by atoms with Crippen molar-refractivity contribution < 1.29 is 4.79 Å². The fraction of sp³-hybridized carbons (Fsp3) is 0.636. The predicted molar refractivity (Wildman–Crippen MR) is 65.2 cm³/mol. The van der Waals surface area contributed by atoms with Crippen molar-refractivity contribution in [2.75, 3.05) is 12.8 Å². The number of H-pyrrole nitrogens is 1. The highest BCUT2D eigenvalue weighted by molar-refractivity contribution is 8.01. The van der Waals surface area contributed by atoms with Crippen LogP contribution in [0.25, 0.3) is 0 Å². The molecule has 4 nitrogen and oxygen atoms in total. The number of imidazole rings is 1. The van der Waals surface area contributed by atoms with Gasteiger partial charge < -0.3 is 9.88 Å². The van der Waals surface area contributed by atoms with Crippen LogP contribution >= 0.6 is 11.8 Å². The standard InChI is InChI=1S/C11H17N3OS/c1-11(4-3-7-16-11)10(15)14(2)8-9-12-5-6-13-9/h5-6H,3-4,7-8H2,1-2H3,(H,12,13). The van der Waals surface area contributed by atoms with E-state index >= 15 is 0 Å². The highest BCUT2D eigenvalue weighted by Crippen LogP contribution is 2.39. The summed E-state index contributed by atoms with van der Waals surface area (Å²) in [7, 11) is 1.84. The molecular formula is C11H17N3OS. The fourth-order valence-corrected chi connectivity index (χ4v) is 3.34. The summed E-state index contributed by atoms with van der Waals surface area (Å²) in [6.45, 7) is 2.60. The Labute approximate surface area is 99.8 Å². The number of carbonyl (C=O) groups is 1. The number of carbonyl (C=O) groups excluding carboxylic acids is 1. The number of amides is 1. The highest BCUT2D eigenvalue weighted by Gasteiger charge is 2.39. The van der Waals surface area contributed by atoms with Crippen LogP contribution in [0.15, 0.2) is 12.4 Å². The molecule has 1 saturated heterocycles. The molecule has 1 amide bonds. The summed E-state index contributed by atoms with van der Waals surface area (Å²) in [5.41, 5.74) is 0. The molecule has 1 unspecified atom stereocenters. The Bertz CT molecular complexity index is 357. The summed E-state index contributed by atoms with van der Waals surface area (Å²) in [6.07, 6.45) is 5.61. The molecule has 2 heterocycles. The van der Waals surface area contributed by atoms with Crippen molar-refractivity contribution in [1.82, 2.24) is 14.9 Å². The average molecular weight is 239 g/mol. The number of hydrogen-bond donors (Lipinski definition) is 1. The summed E-state index contributed by atoms with van der Waals surface area (Å²) in [4.78, 5) is 21.2. The van der Waals surface area contributed by atoms with Crippen molar-refractivity contribution >= 4 is 17.7 Å². The maximum Gasteiger partial charge on any atom is 0.238 e. The first kappa shape index (κ1) is 11.5. The lowest BCUT2D eigenvalue weighted by molar-refractivity contribution is -0.132. The van der Waals surface area contributed by atoms with Gasteiger partial charge in [0.25, 0.3) is 0 Å². The van der Waals surface area contributed by atoms with E-state index in [2.05, 4.69) is 9.97 Å². The number of aromatic amines is 1. The van der Waals surface area contributed by atoms with Crippen LogP contribution in [0.2, 0.25) is 0 Å². The summed E-state index contributed by atoms with van der Waals surface area (Å²) in [5.74, 6) is 2.14. The third-order valence-corrected chi connectivity index (χ3v) is 4.47. The van der Waals surface area contributed by atoms with Crippen molar-refractivity contribution in [3.05, 3.63) is 18.2 Å². The molecule has 0 bridgehead atoms. The number of hydrogen-bond acceptors (Lipinski definition) is 3. The first-order valence-electron chi connectivity index (χ1n) is 5.49. The van der Waals surface area contributed by atoms with Crippen LogP contribution in [0.1, 0.15) is 25.6 Å².